The second-order valence-electron chi connectivity index (χ2n) is 3.64. The van der Waals surface area contributed by atoms with Gasteiger partial charge in [-0.05, 0) is 31.6 Å². The lowest BCUT2D eigenvalue weighted by molar-refractivity contribution is 0.298. The normalized spacial score (nSPS) is 31.3. The van der Waals surface area contributed by atoms with Gasteiger partial charge in [-0.15, -0.1) is 0 Å². The summed E-state index contributed by atoms with van der Waals surface area (Å²) in [7, 11) is 0. The van der Waals surface area contributed by atoms with Crippen LogP contribution in [-0.4, -0.2) is 0 Å². The molecule has 1 nitrogen and oxygen atoms in total. The summed E-state index contributed by atoms with van der Waals surface area (Å²) in [6.45, 7) is 2.25. The van der Waals surface area contributed by atoms with E-state index in [1.54, 1.807) is 0 Å². The van der Waals surface area contributed by atoms with E-state index >= 15 is 0 Å². The largest absolute Gasteiger partial charge is 0.198 e. The van der Waals surface area contributed by atoms with Crippen molar-refractivity contribution in [2.75, 3.05) is 0 Å². The van der Waals surface area contributed by atoms with Crippen molar-refractivity contribution in [2.45, 2.75) is 45.4 Å². The minimum Gasteiger partial charge on any atom is -0.198 e. The summed E-state index contributed by atoms with van der Waals surface area (Å²) in [4.78, 5) is 0. The third-order valence-corrected chi connectivity index (χ3v) is 2.73. The van der Waals surface area contributed by atoms with E-state index in [1.807, 2.05) is 0 Å². The minimum atomic E-state index is 0.378. The average molecular weight is 151 g/mol. The summed E-state index contributed by atoms with van der Waals surface area (Å²) in [5.41, 5.74) is 0. The Morgan fingerprint density at radius 2 is 1.91 bits per heavy atom. The Morgan fingerprint density at radius 1 is 1.27 bits per heavy atom. The van der Waals surface area contributed by atoms with E-state index in [9.17, 15) is 0 Å². The quantitative estimate of drug-likeness (QED) is 0.595. The van der Waals surface area contributed by atoms with Gasteiger partial charge >= 0.3 is 0 Å². The van der Waals surface area contributed by atoms with Gasteiger partial charge < -0.3 is 0 Å². The molecule has 0 aromatic carbocycles. The molecule has 1 aliphatic carbocycles. The average Bonchev–Trinajstić information content (AvgIpc) is 2.07. The summed E-state index contributed by atoms with van der Waals surface area (Å²) in [6.07, 6.45) is 7.58. The molecule has 1 heteroatoms. The van der Waals surface area contributed by atoms with Crippen LogP contribution in [0.15, 0.2) is 0 Å². The van der Waals surface area contributed by atoms with Crippen LogP contribution in [0.5, 0.6) is 0 Å². The highest BCUT2D eigenvalue weighted by atomic mass is 14.3. The van der Waals surface area contributed by atoms with Gasteiger partial charge in [0.1, 0.15) is 0 Å². The van der Waals surface area contributed by atoms with Crippen LogP contribution in [0.3, 0.4) is 0 Å². The summed E-state index contributed by atoms with van der Waals surface area (Å²) >= 11 is 0. The van der Waals surface area contributed by atoms with E-state index in [-0.39, 0.29) is 0 Å². The van der Waals surface area contributed by atoms with Gasteiger partial charge in [0.05, 0.1) is 6.07 Å². The summed E-state index contributed by atoms with van der Waals surface area (Å²) in [6, 6.07) is 2.37. The number of hydrogen-bond donors (Lipinski definition) is 0. The van der Waals surface area contributed by atoms with Gasteiger partial charge in [0.2, 0.25) is 0 Å². The van der Waals surface area contributed by atoms with Gasteiger partial charge in [-0.3, -0.25) is 0 Å². The first-order valence-electron chi connectivity index (χ1n) is 4.76. The van der Waals surface area contributed by atoms with Crippen molar-refractivity contribution in [2.24, 2.45) is 11.8 Å². The molecule has 1 saturated carbocycles. The van der Waals surface area contributed by atoms with Crippen molar-refractivity contribution in [1.82, 2.24) is 0 Å². The van der Waals surface area contributed by atoms with Crippen molar-refractivity contribution >= 4 is 0 Å². The number of hydrogen-bond acceptors (Lipinski definition) is 1. The maximum atomic E-state index is 8.66. The second-order valence-corrected chi connectivity index (χ2v) is 3.64. The van der Waals surface area contributed by atoms with E-state index in [4.69, 9.17) is 5.26 Å². The second kappa shape index (κ2) is 4.38. The molecule has 0 aliphatic heterocycles. The Morgan fingerprint density at radius 3 is 2.36 bits per heavy atom. The first-order chi connectivity index (χ1) is 5.36. The monoisotopic (exact) mass is 151 g/mol. The van der Waals surface area contributed by atoms with Gasteiger partial charge in [0.25, 0.3) is 0 Å². The van der Waals surface area contributed by atoms with Crippen molar-refractivity contribution in [1.29, 1.82) is 5.26 Å². The molecule has 0 heterocycles. The fourth-order valence-electron chi connectivity index (χ4n) is 1.99. The first kappa shape index (κ1) is 8.59. The maximum absolute atomic E-state index is 8.66. The molecule has 1 fully saturated rings. The van der Waals surface area contributed by atoms with Crippen LogP contribution in [0.25, 0.3) is 0 Å². The standard InChI is InChI=1S/C10H17N/c1-2-3-9-4-6-10(8-11)7-5-9/h9-10H,2-7H2,1H3/t9-,10+. The van der Waals surface area contributed by atoms with Gasteiger partial charge in [-0.25, -0.2) is 0 Å². The Labute approximate surface area is 69.4 Å². The minimum absolute atomic E-state index is 0.378. The molecule has 0 saturated heterocycles. The zero-order chi connectivity index (χ0) is 8.10. The van der Waals surface area contributed by atoms with Crippen LogP contribution in [0.2, 0.25) is 0 Å². The fraction of sp³-hybridized carbons (Fsp3) is 0.900. The van der Waals surface area contributed by atoms with Crippen LogP contribution in [0.4, 0.5) is 0 Å². The van der Waals surface area contributed by atoms with Crippen LogP contribution < -0.4 is 0 Å². The van der Waals surface area contributed by atoms with E-state index < -0.39 is 0 Å². The molecule has 0 N–H and O–H groups in total. The molecule has 0 aromatic rings. The van der Waals surface area contributed by atoms with Crippen LogP contribution in [0.1, 0.15) is 45.4 Å². The summed E-state index contributed by atoms with van der Waals surface area (Å²) < 4.78 is 0. The molecule has 1 aliphatic rings. The SMILES string of the molecule is CCC[C@H]1CC[C@@H](C#N)CC1. The molecule has 0 spiro atoms. The molecular weight excluding hydrogens is 134 g/mol. The zero-order valence-electron chi connectivity index (χ0n) is 7.34. The van der Waals surface area contributed by atoms with Gasteiger partial charge in [0, 0.05) is 5.92 Å². The molecule has 0 unspecified atom stereocenters. The van der Waals surface area contributed by atoms with E-state index in [0.29, 0.717) is 5.92 Å². The highest BCUT2D eigenvalue weighted by molar-refractivity contribution is 4.86. The van der Waals surface area contributed by atoms with Crippen molar-refractivity contribution < 1.29 is 0 Å². The lowest BCUT2D eigenvalue weighted by atomic mass is 9.81. The van der Waals surface area contributed by atoms with E-state index in [2.05, 4.69) is 13.0 Å². The number of nitriles is 1. The molecule has 0 atom stereocenters. The van der Waals surface area contributed by atoms with Crippen LogP contribution in [-0.2, 0) is 0 Å². The topological polar surface area (TPSA) is 23.8 Å². The number of nitrogens with zero attached hydrogens (tertiary/aromatic N) is 1. The van der Waals surface area contributed by atoms with E-state index in [1.165, 1.54) is 25.7 Å². The maximum Gasteiger partial charge on any atom is 0.0655 e. The molecule has 1 rings (SSSR count). The Hall–Kier alpha value is -0.510. The molecule has 0 amide bonds. The fourth-order valence-corrected chi connectivity index (χ4v) is 1.99. The van der Waals surface area contributed by atoms with E-state index in [0.717, 1.165) is 18.8 Å². The lowest BCUT2D eigenvalue weighted by Crippen LogP contribution is -2.12. The third-order valence-electron chi connectivity index (χ3n) is 2.73. The predicted molar refractivity (Wildman–Crippen MR) is 46.0 cm³/mol. The lowest BCUT2D eigenvalue weighted by Gasteiger charge is -2.23. The summed E-state index contributed by atoms with van der Waals surface area (Å²) in [5.74, 6) is 1.31. The first-order valence-corrected chi connectivity index (χ1v) is 4.76. The van der Waals surface area contributed by atoms with Crippen molar-refractivity contribution in [3.05, 3.63) is 0 Å². The molecule has 0 radical (unpaired) electrons. The van der Waals surface area contributed by atoms with Gasteiger partial charge in [-0.2, -0.15) is 5.26 Å². The Balaban J connectivity index is 2.20. The van der Waals surface area contributed by atoms with Crippen LogP contribution in [0, 0.1) is 23.2 Å². The third kappa shape index (κ3) is 2.54. The van der Waals surface area contributed by atoms with Gasteiger partial charge in [-0.1, -0.05) is 19.8 Å². The highest BCUT2D eigenvalue weighted by Gasteiger charge is 2.19. The molecule has 0 aromatic heterocycles. The van der Waals surface area contributed by atoms with Crippen molar-refractivity contribution in [3.63, 3.8) is 0 Å². The summed E-state index contributed by atoms with van der Waals surface area (Å²) in [5, 5.41) is 8.66. The molecule has 0 bridgehead atoms. The van der Waals surface area contributed by atoms with Crippen LogP contribution >= 0.6 is 0 Å². The Bertz CT molecular complexity index is 137. The number of rotatable bonds is 2. The zero-order valence-corrected chi connectivity index (χ0v) is 7.34. The smallest absolute Gasteiger partial charge is 0.0655 e. The predicted octanol–water partition coefficient (Wildman–Crippen LogP) is 3.12. The van der Waals surface area contributed by atoms with Gasteiger partial charge in [0.15, 0.2) is 0 Å². The molecule has 62 valence electrons. The van der Waals surface area contributed by atoms with Crippen molar-refractivity contribution in [3.8, 4) is 6.07 Å². The Kier molecular flexibility index (Phi) is 3.42. The molecule has 11 heavy (non-hydrogen) atoms. The molecular formula is C10H17N. The highest BCUT2D eigenvalue weighted by Crippen LogP contribution is 2.30.